The smallest absolute Gasteiger partial charge is 0.226 e. The Morgan fingerprint density at radius 2 is 2.14 bits per heavy atom. The number of pyridine rings is 1. The van der Waals surface area contributed by atoms with Gasteiger partial charge in [-0.3, -0.25) is 4.98 Å². The third-order valence-corrected chi connectivity index (χ3v) is 4.06. The van der Waals surface area contributed by atoms with Crippen LogP contribution >= 0.6 is 15.9 Å². The van der Waals surface area contributed by atoms with Crippen molar-refractivity contribution < 1.29 is 0 Å². The molecule has 0 saturated heterocycles. The Morgan fingerprint density at radius 3 is 2.95 bits per heavy atom. The van der Waals surface area contributed by atoms with Gasteiger partial charge in [0.25, 0.3) is 0 Å². The summed E-state index contributed by atoms with van der Waals surface area (Å²) in [5.41, 5.74) is 3.15. The average Bonchev–Trinajstić information content (AvgIpc) is 3.03. The fourth-order valence-corrected chi connectivity index (χ4v) is 2.97. The highest BCUT2D eigenvalue weighted by Crippen LogP contribution is 2.32. The molecule has 3 aromatic rings. The van der Waals surface area contributed by atoms with Gasteiger partial charge >= 0.3 is 0 Å². The van der Waals surface area contributed by atoms with Crippen molar-refractivity contribution in [3.8, 4) is 0 Å². The highest BCUT2D eigenvalue weighted by atomic mass is 79.9. The molecule has 0 radical (unpaired) electrons. The SMILES string of the molecule is Brc1cccc(C2C=C(c3cccnc3)Nc3ncnn32)c1. The zero-order valence-electron chi connectivity index (χ0n) is 11.5. The summed E-state index contributed by atoms with van der Waals surface area (Å²) in [4.78, 5) is 8.48. The van der Waals surface area contributed by atoms with E-state index >= 15 is 0 Å². The second-order valence-electron chi connectivity index (χ2n) is 4.98. The summed E-state index contributed by atoms with van der Waals surface area (Å²) in [5.74, 6) is 0.728. The van der Waals surface area contributed by atoms with Crippen molar-refractivity contribution in [1.29, 1.82) is 0 Å². The highest BCUT2D eigenvalue weighted by Gasteiger charge is 2.23. The lowest BCUT2D eigenvalue weighted by Crippen LogP contribution is -2.20. The van der Waals surface area contributed by atoms with Crippen molar-refractivity contribution >= 4 is 27.6 Å². The van der Waals surface area contributed by atoms with E-state index in [1.54, 1.807) is 12.5 Å². The zero-order chi connectivity index (χ0) is 14.9. The van der Waals surface area contributed by atoms with Gasteiger partial charge in [0.2, 0.25) is 5.95 Å². The maximum Gasteiger partial charge on any atom is 0.226 e. The van der Waals surface area contributed by atoms with Gasteiger partial charge in [-0.15, -0.1) is 0 Å². The molecule has 22 heavy (non-hydrogen) atoms. The summed E-state index contributed by atoms with van der Waals surface area (Å²) in [5, 5.41) is 7.65. The molecule has 6 heteroatoms. The monoisotopic (exact) mass is 353 g/mol. The summed E-state index contributed by atoms with van der Waals surface area (Å²) in [6.07, 6.45) is 7.30. The third kappa shape index (κ3) is 2.31. The molecule has 1 aliphatic heterocycles. The maximum absolute atomic E-state index is 4.34. The normalized spacial score (nSPS) is 16.6. The number of rotatable bonds is 2. The van der Waals surface area contributed by atoms with Gasteiger partial charge in [-0.25, -0.2) is 4.68 Å². The van der Waals surface area contributed by atoms with Gasteiger partial charge in [0.1, 0.15) is 12.4 Å². The Morgan fingerprint density at radius 1 is 1.18 bits per heavy atom. The first-order valence-electron chi connectivity index (χ1n) is 6.85. The molecular formula is C16H12BrN5. The van der Waals surface area contributed by atoms with Crippen molar-refractivity contribution in [2.75, 3.05) is 5.32 Å². The minimum Gasteiger partial charge on any atom is -0.324 e. The molecule has 1 aliphatic rings. The molecule has 0 saturated carbocycles. The number of allylic oxidation sites excluding steroid dienone is 1. The number of nitrogens with one attached hydrogen (secondary N) is 1. The van der Waals surface area contributed by atoms with Crippen molar-refractivity contribution in [3.63, 3.8) is 0 Å². The molecule has 0 fully saturated rings. The van der Waals surface area contributed by atoms with Crippen LogP contribution in [-0.2, 0) is 0 Å². The molecule has 0 aliphatic carbocycles. The molecule has 4 rings (SSSR count). The lowest BCUT2D eigenvalue weighted by molar-refractivity contribution is 0.611. The van der Waals surface area contributed by atoms with Crippen molar-refractivity contribution in [1.82, 2.24) is 19.7 Å². The zero-order valence-corrected chi connectivity index (χ0v) is 13.1. The number of hydrogen-bond donors (Lipinski definition) is 1. The first kappa shape index (κ1) is 13.2. The molecule has 1 N–H and O–H groups in total. The van der Waals surface area contributed by atoms with Crippen LogP contribution in [0, 0.1) is 0 Å². The molecule has 2 aromatic heterocycles. The van der Waals surface area contributed by atoms with E-state index in [9.17, 15) is 0 Å². The Labute approximate surface area is 135 Å². The quantitative estimate of drug-likeness (QED) is 0.766. The second kappa shape index (κ2) is 5.38. The molecule has 0 bridgehead atoms. The van der Waals surface area contributed by atoms with E-state index in [1.165, 1.54) is 0 Å². The van der Waals surface area contributed by atoms with Crippen molar-refractivity contribution in [2.24, 2.45) is 0 Å². The largest absolute Gasteiger partial charge is 0.324 e. The van der Waals surface area contributed by atoms with E-state index < -0.39 is 0 Å². The number of nitrogens with zero attached hydrogens (tertiary/aromatic N) is 4. The van der Waals surface area contributed by atoms with Gasteiger partial charge in [0.15, 0.2) is 0 Å². The number of aromatic nitrogens is 4. The third-order valence-electron chi connectivity index (χ3n) is 3.57. The topological polar surface area (TPSA) is 55.6 Å². The van der Waals surface area contributed by atoms with E-state index in [0.29, 0.717) is 0 Å². The fraction of sp³-hybridized carbons (Fsp3) is 0.0625. The molecule has 1 aromatic carbocycles. The lowest BCUT2D eigenvalue weighted by Gasteiger charge is -2.24. The number of fused-ring (bicyclic) bond motifs is 1. The van der Waals surface area contributed by atoms with E-state index in [2.05, 4.69) is 54.5 Å². The van der Waals surface area contributed by atoms with E-state index in [-0.39, 0.29) is 6.04 Å². The Bertz CT molecular complexity index is 841. The summed E-state index contributed by atoms with van der Waals surface area (Å²) in [6.45, 7) is 0. The Kier molecular flexibility index (Phi) is 3.23. The first-order valence-corrected chi connectivity index (χ1v) is 7.65. The standard InChI is InChI=1S/C16H12BrN5/c17-13-5-1-3-11(7-13)15-8-14(12-4-2-6-18-9-12)21-16-19-10-20-22(15)16/h1-10,15H,(H,19,20,21). The van der Waals surface area contributed by atoms with Crippen molar-refractivity contribution in [3.05, 3.63) is 76.8 Å². The first-order chi connectivity index (χ1) is 10.8. The summed E-state index contributed by atoms with van der Waals surface area (Å²) in [7, 11) is 0. The van der Waals surface area contributed by atoms with Crippen LogP contribution in [0.2, 0.25) is 0 Å². The highest BCUT2D eigenvalue weighted by molar-refractivity contribution is 9.10. The average molecular weight is 354 g/mol. The fourth-order valence-electron chi connectivity index (χ4n) is 2.55. The van der Waals surface area contributed by atoms with Crippen LogP contribution in [0.4, 0.5) is 5.95 Å². The van der Waals surface area contributed by atoms with Crippen LogP contribution in [-0.4, -0.2) is 19.7 Å². The number of halogens is 1. The van der Waals surface area contributed by atoms with Crippen LogP contribution in [0.3, 0.4) is 0 Å². The van der Waals surface area contributed by atoms with Gasteiger partial charge in [-0.2, -0.15) is 10.1 Å². The van der Waals surface area contributed by atoms with Crippen LogP contribution in [0.15, 0.2) is 65.7 Å². The van der Waals surface area contributed by atoms with Crippen LogP contribution in [0.25, 0.3) is 5.70 Å². The molecule has 1 atom stereocenters. The molecule has 5 nitrogen and oxygen atoms in total. The molecule has 0 spiro atoms. The minimum absolute atomic E-state index is 0.00791. The number of anilines is 1. The molecule has 3 heterocycles. The summed E-state index contributed by atoms with van der Waals surface area (Å²) >= 11 is 3.53. The Balaban J connectivity index is 1.83. The summed E-state index contributed by atoms with van der Waals surface area (Å²) < 4.78 is 2.92. The minimum atomic E-state index is -0.00791. The van der Waals surface area contributed by atoms with Crippen LogP contribution in [0.1, 0.15) is 17.2 Å². The molecule has 0 amide bonds. The molecule has 108 valence electrons. The van der Waals surface area contributed by atoms with E-state index in [1.807, 2.05) is 35.1 Å². The van der Waals surface area contributed by atoms with Gasteiger partial charge in [-0.1, -0.05) is 28.1 Å². The van der Waals surface area contributed by atoms with Crippen LogP contribution in [0.5, 0.6) is 0 Å². The maximum atomic E-state index is 4.34. The van der Waals surface area contributed by atoms with Gasteiger partial charge in [0.05, 0.1) is 0 Å². The van der Waals surface area contributed by atoms with E-state index in [0.717, 1.165) is 27.2 Å². The molecule has 1 unspecified atom stereocenters. The van der Waals surface area contributed by atoms with Crippen molar-refractivity contribution in [2.45, 2.75) is 6.04 Å². The number of benzene rings is 1. The second-order valence-corrected chi connectivity index (χ2v) is 5.89. The molecular weight excluding hydrogens is 342 g/mol. The van der Waals surface area contributed by atoms with Gasteiger partial charge < -0.3 is 5.32 Å². The summed E-state index contributed by atoms with van der Waals surface area (Å²) in [6, 6.07) is 12.2. The predicted octanol–water partition coefficient (Wildman–Crippen LogP) is 3.49. The van der Waals surface area contributed by atoms with Gasteiger partial charge in [0, 0.05) is 28.1 Å². The van der Waals surface area contributed by atoms with Gasteiger partial charge in [-0.05, 0) is 35.9 Å². The predicted molar refractivity (Wildman–Crippen MR) is 88.1 cm³/mol. The Hall–Kier alpha value is -2.47. The lowest BCUT2D eigenvalue weighted by atomic mass is 10.0. The van der Waals surface area contributed by atoms with Crippen LogP contribution < -0.4 is 5.32 Å². The number of hydrogen-bond acceptors (Lipinski definition) is 4. The van der Waals surface area contributed by atoms with E-state index in [4.69, 9.17) is 0 Å².